The molecule has 23 heavy (non-hydrogen) atoms. The molecule has 0 unspecified atom stereocenters. The van der Waals surface area contributed by atoms with Crippen LogP contribution >= 0.6 is 0 Å². The number of nitrogens with one attached hydrogen (secondary N) is 2. The van der Waals surface area contributed by atoms with Crippen LogP contribution in [0.5, 0.6) is 5.75 Å². The fraction of sp³-hybridized carbons (Fsp3) is 0.176. The quantitative estimate of drug-likeness (QED) is 0.911. The van der Waals surface area contributed by atoms with Crippen LogP contribution in [-0.4, -0.2) is 26.0 Å². The maximum atomic E-state index is 13.3. The third-order valence-corrected chi connectivity index (χ3v) is 3.38. The fourth-order valence-electron chi connectivity index (χ4n) is 2.12. The highest BCUT2D eigenvalue weighted by Gasteiger charge is 2.15. The van der Waals surface area contributed by atoms with E-state index in [2.05, 4.69) is 10.6 Å². The summed E-state index contributed by atoms with van der Waals surface area (Å²) in [5.41, 5.74) is 1.57. The average Bonchev–Trinajstić information content (AvgIpc) is 2.56. The average molecular weight is 316 g/mol. The third kappa shape index (κ3) is 3.66. The van der Waals surface area contributed by atoms with Gasteiger partial charge in [0.1, 0.15) is 11.6 Å². The molecule has 2 N–H and O–H groups in total. The van der Waals surface area contributed by atoms with Crippen molar-refractivity contribution in [1.82, 2.24) is 5.32 Å². The summed E-state index contributed by atoms with van der Waals surface area (Å²) >= 11 is 0. The van der Waals surface area contributed by atoms with Crippen molar-refractivity contribution in [2.75, 3.05) is 19.5 Å². The van der Waals surface area contributed by atoms with Crippen molar-refractivity contribution in [1.29, 1.82) is 0 Å². The smallest absolute Gasteiger partial charge is 0.256 e. The van der Waals surface area contributed by atoms with E-state index >= 15 is 0 Å². The Morgan fingerprint density at radius 1 is 1.09 bits per heavy atom. The van der Waals surface area contributed by atoms with Crippen LogP contribution in [0.4, 0.5) is 10.1 Å². The van der Waals surface area contributed by atoms with Crippen molar-refractivity contribution in [2.45, 2.75) is 6.92 Å². The van der Waals surface area contributed by atoms with E-state index in [1.807, 2.05) is 0 Å². The van der Waals surface area contributed by atoms with Crippen LogP contribution in [0, 0.1) is 12.7 Å². The Morgan fingerprint density at radius 3 is 2.48 bits per heavy atom. The van der Waals surface area contributed by atoms with E-state index in [0.717, 1.165) is 0 Å². The van der Waals surface area contributed by atoms with Crippen molar-refractivity contribution >= 4 is 17.5 Å². The van der Waals surface area contributed by atoms with E-state index in [9.17, 15) is 14.0 Å². The number of halogens is 1. The molecule has 0 aliphatic carbocycles. The molecular weight excluding hydrogens is 299 g/mol. The Kier molecular flexibility index (Phi) is 4.95. The first kappa shape index (κ1) is 16.5. The number of benzene rings is 2. The molecule has 0 bridgehead atoms. The summed E-state index contributed by atoms with van der Waals surface area (Å²) in [4.78, 5) is 24.1. The van der Waals surface area contributed by atoms with Crippen LogP contribution in [0.15, 0.2) is 36.4 Å². The lowest BCUT2D eigenvalue weighted by Gasteiger charge is -2.13. The van der Waals surface area contributed by atoms with E-state index in [1.54, 1.807) is 19.1 Å². The van der Waals surface area contributed by atoms with Gasteiger partial charge < -0.3 is 15.4 Å². The molecule has 0 aliphatic rings. The topological polar surface area (TPSA) is 67.4 Å². The van der Waals surface area contributed by atoms with Crippen LogP contribution in [0.3, 0.4) is 0 Å². The summed E-state index contributed by atoms with van der Waals surface area (Å²) < 4.78 is 18.5. The first-order chi connectivity index (χ1) is 11.0. The number of aryl methyl sites for hydroxylation is 1. The second kappa shape index (κ2) is 6.91. The van der Waals surface area contributed by atoms with E-state index in [1.165, 1.54) is 38.4 Å². The normalized spacial score (nSPS) is 10.1. The highest BCUT2D eigenvalue weighted by molar-refractivity contribution is 6.06. The maximum absolute atomic E-state index is 13.3. The molecule has 0 saturated carbocycles. The van der Waals surface area contributed by atoms with Crippen LogP contribution < -0.4 is 15.4 Å². The van der Waals surface area contributed by atoms with Gasteiger partial charge in [-0.05, 0) is 42.8 Å². The number of hydrogen-bond acceptors (Lipinski definition) is 3. The van der Waals surface area contributed by atoms with Crippen molar-refractivity contribution in [3.05, 3.63) is 58.9 Å². The Bertz CT molecular complexity index is 759. The summed E-state index contributed by atoms with van der Waals surface area (Å²) in [6, 6.07) is 8.66. The number of carbonyl (C=O) groups excluding carboxylic acids is 2. The van der Waals surface area contributed by atoms with Crippen LogP contribution in [0.2, 0.25) is 0 Å². The van der Waals surface area contributed by atoms with Crippen LogP contribution in [0.1, 0.15) is 26.3 Å². The van der Waals surface area contributed by atoms with Gasteiger partial charge in [0.15, 0.2) is 0 Å². The van der Waals surface area contributed by atoms with E-state index in [4.69, 9.17) is 4.74 Å². The number of carbonyl (C=O) groups is 2. The zero-order chi connectivity index (χ0) is 17.0. The zero-order valence-electron chi connectivity index (χ0n) is 13.1. The van der Waals surface area contributed by atoms with E-state index in [-0.39, 0.29) is 11.5 Å². The molecule has 0 spiro atoms. The van der Waals surface area contributed by atoms with Crippen molar-refractivity contribution < 1.29 is 18.7 Å². The van der Waals surface area contributed by atoms with Gasteiger partial charge in [-0.3, -0.25) is 9.59 Å². The number of methoxy groups -OCH3 is 1. The summed E-state index contributed by atoms with van der Waals surface area (Å²) in [5.74, 6) is -0.855. The van der Waals surface area contributed by atoms with Gasteiger partial charge in [0.25, 0.3) is 11.8 Å². The zero-order valence-corrected chi connectivity index (χ0v) is 13.1. The van der Waals surface area contributed by atoms with Gasteiger partial charge in [-0.15, -0.1) is 0 Å². The van der Waals surface area contributed by atoms with Crippen molar-refractivity contribution in [3.8, 4) is 5.75 Å². The van der Waals surface area contributed by atoms with Crippen LogP contribution in [0.25, 0.3) is 0 Å². The number of anilines is 1. The molecule has 0 aliphatic heterocycles. The van der Waals surface area contributed by atoms with Crippen LogP contribution in [-0.2, 0) is 0 Å². The minimum atomic E-state index is -0.494. The molecule has 0 aromatic heterocycles. The lowest BCUT2D eigenvalue weighted by atomic mass is 10.1. The van der Waals surface area contributed by atoms with Gasteiger partial charge in [0.2, 0.25) is 0 Å². The first-order valence-corrected chi connectivity index (χ1v) is 6.94. The summed E-state index contributed by atoms with van der Waals surface area (Å²) in [5, 5.41) is 5.16. The largest absolute Gasteiger partial charge is 0.495 e. The first-order valence-electron chi connectivity index (χ1n) is 6.94. The van der Waals surface area contributed by atoms with Gasteiger partial charge in [-0.1, -0.05) is 6.07 Å². The molecule has 0 fully saturated rings. The van der Waals surface area contributed by atoms with E-state index < -0.39 is 11.7 Å². The molecule has 0 saturated heterocycles. The molecule has 2 amide bonds. The summed E-state index contributed by atoms with van der Waals surface area (Å²) in [7, 11) is 2.97. The molecule has 2 aromatic rings. The highest BCUT2D eigenvalue weighted by atomic mass is 19.1. The maximum Gasteiger partial charge on any atom is 0.256 e. The molecule has 120 valence electrons. The predicted octanol–water partition coefficient (Wildman–Crippen LogP) is 2.75. The fourth-order valence-corrected chi connectivity index (χ4v) is 2.12. The highest BCUT2D eigenvalue weighted by Crippen LogP contribution is 2.26. The summed E-state index contributed by atoms with van der Waals surface area (Å²) in [6.45, 7) is 1.71. The Hall–Kier alpha value is -2.89. The molecule has 5 nitrogen and oxygen atoms in total. The monoisotopic (exact) mass is 316 g/mol. The van der Waals surface area contributed by atoms with Gasteiger partial charge in [0.05, 0.1) is 12.8 Å². The molecule has 6 heteroatoms. The lowest BCUT2D eigenvalue weighted by molar-refractivity contribution is 0.0961. The third-order valence-electron chi connectivity index (χ3n) is 3.38. The van der Waals surface area contributed by atoms with Gasteiger partial charge in [-0.2, -0.15) is 0 Å². The molecule has 2 rings (SSSR count). The molecule has 0 atom stereocenters. The van der Waals surface area contributed by atoms with Gasteiger partial charge >= 0.3 is 0 Å². The molecule has 0 radical (unpaired) electrons. The minimum Gasteiger partial charge on any atom is -0.495 e. The molecular formula is C17H17FN2O3. The van der Waals surface area contributed by atoms with Crippen molar-refractivity contribution in [2.24, 2.45) is 0 Å². The minimum absolute atomic E-state index is 0.220. The summed E-state index contributed by atoms with van der Waals surface area (Å²) in [6.07, 6.45) is 0. The Labute approximate surface area is 133 Å². The SMILES string of the molecule is CNC(=O)c1ccc(OC)c(NC(=O)c2cc(F)ccc2C)c1. The van der Waals surface area contributed by atoms with E-state index in [0.29, 0.717) is 22.6 Å². The number of hydrogen-bond donors (Lipinski definition) is 2. The molecule has 2 aromatic carbocycles. The Balaban J connectivity index is 2.36. The second-order valence-electron chi connectivity index (χ2n) is 4.91. The standard InChI is InChI=1S/C17H17FN2O3/c1-10-4-6-12(18)9-13(10)17(22)20-14-8-11(16(21)19-2)5-7-15(14)23-3/h4-9H,1-3H3,(H,19,21)(H,20,22). The lowest BCUT2D eigenvalue weighted by Crippen LogP contribution is -2.19. The molecule has 0 heterocycles. The number of ether oxygens (including phenoxy) is 1. The Morgan fingerprint density at radius 2 is 1.83 bits per heavy atom. The number of amides is 2. The van der Waals surface area contributed by atoms with Crippen molar-refractivity contribution in [3.63, 3.8) is 0 Å². The second-order valence-corrected chi connectivity index (χ2v) is 4.91. The number of rotatable bonds is 4. The van der Waals surface area contributed by atoms with Gasteiger partial charge in [0, 0.05) is 18.2 Å². The van der Waals surface area contributed by atoms with Gasteiger partial charge in [-0.25, -0.2) is 4.39 Å². The predicted molar refractivity (Wildman–Crippen MR) is 85.5 cm³/mol.